The highest BCUT2D eigenvalue weighted by atomic mass is 16.5. The van der Waals surface area contributed by atoms with Crippen molar-refractivity contribution < 1.29 is 4.74 Å². The summed E-state index contributed by atoms with van der Waals surface area (Å²) in [7, 11) is 1.74. The van der Waals surface area contributed by atoms with Gasteiger partial charge in [-0.3, -0.25) is 0 Å². The van der Waals surface area contributed by atoms with Crippen LogP contribution in [0.15, 0.2) is 12.1 Å². The molecule has 3 nitrogen and oxygen atoms in total. The first-order chi connectivity index (χ1) is 8.58. The van der Waals surface area contributed by atoms with E-state index in [1.54, 1.807) is 7.11 Å². The van der Waals surface area contributed by atoms with Gasteiger partial charge in [0.05, 0.1) is 7.11 Å². The van der Waals surface area contributed by atoms with Crippen LogP contribution in [0, 0.1) is 19.8 Å². The summed E-state index contributed by atoms with van der Waals surface area (Å²) in [5, 5.41) is 3.44. The Morgan fingerprint density at radius 2 is 2.06 bits per heavy atom. The van der Waals surface area contributed by atoms with E-state index in [9.17, 15) is 0 Å². The molecule has 0 aliphatic rings. The Hall–Kier alpha value is -1.06. The molecule has 1 atom stereocenters. The maximum atomic E-state index is 5.59. The minimum Gasteiger partial charge on any atom is -0.496 e. The van der Waals surface area contributed by atoms with Crippen LogP contribution in [0.25, 0.3) is 0 Å². The fourth-order valence-electron chi connectivity index (χ4n) is 2.11. The molecule has 0 heterocycles. The Kier molecular flexibility index (Phi) is 6.16. The molecule has 0 aromatic heterocycles. The number of benzene rings is 1. The molecule has 0 radical (unpaired) electrons. The third-order valence-corrected chi connectivity index (χ3v) is 3.24. The lowest BCUT2D eigenvalue weighted by Gasteiger charge is -2.14. The zero-order valence-corrected chi connectivity index (χ0v) is 12.0. The molecule has 0 amide bonds. The van der Waals surface area contributed by atoms with Crippen molar-refractivity contribution in [2.45, 2.75) is 27.2 Å². The third-order valence-electron chi connectivity index (χ3n) is 3.24. The molecule has 0 aliphatic carbocycles. The number of aryl methyl sites for hydroxylation is 2. The van der Waals surface area contributed by atoms with Gasteiger partial charge in [0.15, 0.2) is 0 Å². The summed E-state index contributed by atoms with van der Waals surface area (Å²) in [6.45, 7) is 9.08. The minimum atomic E-state index is 0.533. The molecule has 18 heavy (non-hydrogen) atoms. The van der Waals surface area contributed by atoms with Crippen molar-refractivity contribution in [3.8, 4) is 5.75 Å². The Bertz CT molecular complexity index is 377. The molecule has 1 aromatic rings. The summed E-state index contributed by atoms with van der Waals surface area (Å²) < 4.78 is 5.46. The maximum Gasteiger partial charge on any atom is 0.122 e. The highest BCUT2D eigenvalue weighted by Crippen LogP contribution is 2.24. The lowest BCUT2D eigenvalue weighted by Crippen LogP contribution is -2.27. The molecule has 0 saturated heterocycles. The SMILES string of the molecule is COc1cc(C)cc(C)c1CCNCC(C)CN. The standard InChI is InChI=1S/C15H26N2O/c1-11-7-13(3)14(15(8-11)18-4)5-6-17-10-12(2)9-16/h7-8,12,17H,5-6,9-10,16H2,1-4H3. The largest absolute Gasteiger partial charge is 0.496 e. The first kappa shape index (κ1) is 15.0. The molecule has 0 saturated carbocycles. The molecular formula is C15H26N2O. The molecule has 1 aromatic carbocycles. The van der Waals surface area contributed by atoms with Gasteiger partial charge in [-0.25, -0.2) is 0 Å². The highest BCUT2D eigenvalue weighted by Gasteiger charge is 2.07. The number of hydrogen-bond acceptors (Lipinski definition) is 3. The third kappa shape index (κ3) is 4.31. The first-order valence-corrected chi connectivity index (χ1v) is 6.63. The van der Waals surface area contributed by atoms with Crippen LogP contribution >= 0.6 is 0 Å². The van der Waals surface area contributed by atoms with Crippen LogP contribution in [0.1, 0.15) is 23.6 Å². The quantitative estimate of drug-likeness (QED) is 0.728. The first-order valence-electron chi connectivity index (χ1n) is 6.63. The normalized spacial score (nSPS) is 12.5. The summed E-state index contributed by atoms with van der Waals surface area (Å²) >= 11 is 0. The minimum absolute atomic E-state index is 0.533. The zero-order chi connectivity index (χ0) is 13.5. The second kappa shape index (κ2) is 7.39. The van der Waals surface area contributed by atoms with E-state index in [2.05, 4.69) is 38.2 Å². The van der Waals surface area contributed by atoms with Crippen LogP contribution in [0.4, 0.5) is 0 Å². The van der Waals surface area contributed by atoms with Gasteiger partial charge in [-0.15, -0.1) is 0 Å². The van der Waals surface area contributed by atoms with Crippen molar-refractivity contribution in [3.05, 3.63) is 28.8 Å². The zero-order valence-electron chi connectivity index (χ0n) is 12.0. The van der Waals surface area contributed by atoms with Gasteiger partial charge in [0.25, 0.3) is 0 Å². The van der Waals surface area contributed by atoms with Crippen LogP contribution in [0.3, 0.4) is 0 Å². The van der Waals surface area contributed by atoms with Crippen molar-refractivity contribution >= 4 is 0 Å². The number of methoxy groups -OCH3 is 1. The van der Waals surface area contributed by atoms with E-state index in [-0.39, 0.29) is 0 Å². The monoisotopic (exact) mass is 250 g/mol. The number of hydrogen-bond donors (Lipinski definition) is 2. The Balaban J connectivity index is 2.56. The van der Waals surface area contributed by atoms with E-state index < -0.39 is 0 Å². The van der Waals surface area contributed by atoms with Crippen molar-refractivity contribution in [3.63, 3.8) is 0 Å². The van der Waals surface area contributed by atoms with E-state index in [4.69, 9.17) is 10.5 Å². The van der Waals surface area contributed by atoms with Crippen LogP contribution in [-0.4, -0.2) is 26.7 Å². The van der Waals surface area contributed by atoms with Gasteiger partial charge in [-0.1, -0.05) is 13.0 Å². The molecule has 0 aliphatic heterocycles. The summed E-state index contributed by atoms with van der Waals surface area (Å²) in [6.07, 6.45) is 0.993. The van der Waals surface area contributed by atoms with E-state index in [0.717, 1.165) is 31.8 Å². The van der Waals surface area contributed by atoms with E-state index in [1.165, 1.54) is 16.7 Å². The predicted octanol–water partition coefficient (Wildman–Crippen LogP) is 2.04. The predicted molar refractivity (Wildman–Crippen MR) is 77.3 cm³/mol. The summed E-state index contributed by atoms with van der Waals surface area (Å²) in [5.41, 5.74) is 9.45. The summed E-state index contributed by atoms with van der Waals surface area (Å²) in [4.78, 5) is 0. The van der Waals surface area contributed by atoms with Crippen molar-refractivity contribution in [2.24, 2.45) is 11.7 Å². The highest BCUT2D eigenvalue weighted by molar-refractivity contribution is 5.43. The average molecular weight is 250 g/mol. The average Bonchev–Trinajstić information content (AvgIpc) is 2.35. The van der Waals surface area contributed by atoms with Gasteiger partial charge >= 0.3 is 0 Å². The van der Waals surface area contributed by atoms with Crippen molar-refractivity contribution in [2.75, 3.05) is 26.7 Å². The van der Waals surface area contributed by atoms with Crippen molar-refractivity contribution in [1.29, 1.82) is 0 Å². The molecule has 0 fully saturated rings. The van der Waals surface area contributed by atoms with Gasteiger partial charge in [0.1, 0.15) is 5.75 Å². The van der Waals surface area contributed by atoms with Gasteiger partial charge in [-0.2, -0.15) is 0 Å². The molecular weight excluding hydrogens is 224 g/mol. The fraction of sp³-hybridized carbons (Fsp3) is 0.600. The fourth-order valence-corrected chi connectivity index (χ4v) is 2.11. The summed E-state index contributed by atoms with van der Waals surface area (Å²) in [5.74, 6) is 1.53. The van der Waals surface area contributed by atoms with Crippen LogP contribution < -0.4 is 15.8 Å². The van der Waals surface area contributed by atoms with Gasteiger partial charge in [-0.05, 0) is 68.6 Å². The second-order valence-electron chi connectivity index (χ2n) is 5.06. The Morgan fingerprint density at radius 3 is 2.67 bits per heavy atom. The number of nitrogens with two attached hydrogens (primary N) is 1. The lowest BCUT2D eigenvalue weighted by atomic mass is 10.0. The maximum absolute atomic E-state index is 5.59. The number of ether oxygens (including phenoxy) is 1. The molecule has 102 valence electrons. The van der Waals surface area contributed by atoms with Gasteiger partial charge in [0, 0.05) is 0 Å². The van der Waals surface area contributed by atoms with Gasteiger partial charge < -0.3 is 15.8 Å². The van der Waals surface area contributed by atoms with E-state index in [1.807, 2.05) is 0 Å². The molecule has 3 heteroatoms. The Labute approximate surface area is 111 Å². The van der Waals surface area contributed by atoms with Crippen molar-refractivity contribution in [1.82, 2.24) is 5.32 Å². The summed E-state index contributed by atoms with van der Waals surface area (Å²) in [6, 6.07) is 4.31. The van der Waals surface area contributed by atoms with E-state index in [0.29, 0.717) is 5.92 Å². The van der Waals surface area contributed by atoms with Crippen LogP contribution in [-0.2, 0) is 6.42 Å². The second-order valence-corrected chi connectivity index (χ2v) is 5.06. The lowest BCUT2D eigenvalue weighted by molar-refractivity contribution is 0.408. The molecule has 1 rings (SSSR count). The molecule has 1 unspecified atom stereocenters. The molecule has 0 bridgehead atoms. The number of rotatable bonds is 7. The molecule has 3 N–H and O–H groups in total. The smallest absolute Gasteiger partial charge is 0.122 e. The topological polar surface area (TPSA) is 47.3 Å². The van der Waals surface area contributed by atoms with Crippen LogP contribution in [0.2, 0.25) is 0 Å². The number of nitrogens with one attached hydrogen (secondary N) is 1. The van der Waals surface area contributed by atoms with Gasteiger partial charge in [0.2, 0.25) is 0 Å². The van der Waals surface area contributed by atoms with E-state index >= 15 is 0 Å². The van der Waals surface area contributed by atoms with Crippen LogP contribution in [0.5, 0.6) is 5.75 Å². The Morgan fingerprint density at radius 1 is 1.33 bits per heavy atom. The molecule has 0 spiro atoms.